The zero-order valence-corrected chi connectivity index (χ0v) is 22.3. The van der Waals surface area contributed by atoms with Crippen molar-refractivity contribution in [3.05, 3.63) is 70.8 Å². The Morgan fingerprint density at radius 1 is 0.556 bits per heavy atom. The Bertz CT molecular complexity index is 856. The number of hydrogen-bond acceptors (Lipinski definition) is 4. The lowest BCUT2D eigenvalue weighted by Crippen LogP contribution is -2.08. The Morgan fingerprint density at radius 2 is 0.917 bits per heavy atom. The summed E-state index contributed by atoms with van der Waals surface area (Å²) in [5, 5.41) is 0. The first kappa shape index (κ1) is 29.4. The van der Waals surface area contributed by atoms with Crippen LogP contribution >= 0.6 is 0 Å². The van der Waals surface area contributed by atoms with E-state index in [9.17, 15) is 9.59 Å². The molecule has 0 radical (unpaired) electrons. The summed E-state index contributed by atoms with van der Waals surface area (Å²) in [6.45, 7) is 5.29. The van der Waals surface area contributed by atoms with Crippen molar-refractivity contribution in [2.45, 2.75) is 90.9 Å². The average molecular weight is 493 g/mol. The molecule has 0 fully saturated rings. The number of benzene rings is 2. The first-order chi connectivity index (χ1) is 17.7. The molecule has 0 heterocycles. The van der Waals surface area contributed by atoms with Crippen molar-refractivity contribution in [3.63, 3.8) is 0 Å². The zero-order chi connectivity index (χ0) is 25.8. The summed E-state index contributed by atoms with van der Waals surface area (Å²) in [6.07, 6.45) is 17.5. The van der Waals surface area contributed by atoms with E-state index in [0.29, 0.717) is 24.3 Å². The number of unbranched alkanes of at least 4 members (excludes halogenated alkanes) is 10. The van der Waals surface area contributed by atoms with Gasteiger partial charge in [-0.3, -0.25) is 0 Å². The van der Waals surface area contributed by atoms with Crippen molar-refractivity contribution in [3.8, 4) is 0 Å². The van der Waals surface area contributed by atoms with Crippen molar-refractivity contribution in [2.75, 3.05) is 13.2 Å². The second-order valence-corrected chi connectivity index (χ2v) is 9.32. The van der Waals surface area contributed by atoms with Crippen LogP contribution in [-0.4, -0.2) is 25.2 Å². The van der Waals surface area contributed by atoms with Crippen LogP contribution in [0.2, 0.25) is 0 Å². The van der Waals surface area contributed by atoms with Gasteiger partial charge in [0.15, 0.2) is 0 Å². The van der Waals surface area contributed by atoms with Gasteiger partial charge in [0.05, 0.1) is 24.3 Å². The van der Waals surface area contributed by atoms with E-state index < -0.39 is 0 Å². The highest BCUT2D eigenvalue weighted by Gasteiger charge is 2.13. The zero-order valence-electron chi connectivity index (χ0n) is 22.3. The van der Waals surface area contributed by atoms with Gasteiger partial charge in [-0.25, -0.2) is 9.59 Å². The minimum Gasteiger partial charge on any atom is -0.462 e. The number of rotatable bonds is 18. The Labute approximate surface area is 218 Å². The molecule has 0 aliphatic carbocycles. The lowest BCUT2D eigenvalue weighted by atomic mass is 10.0. The summed E-state index contributed by atoms with van der Waals surface area (Å²) in [4.78, 5) is 25.4. The maximum absolute atomic E-state index is 12.7. The molecule has 36 heavy (non-hydrogen) atoms. The highest BCUT2D eigenvalue weighted by Crippen LogP contribution is 2.18. The van der Waals surface area contributed by atoms with E-state index >= 15 is 0 Å². The fourth-order valence-electron chi connectivity index (χ4n) is 4.09. The quantitative estimate of drug-likeness (QED) is 0.118. The van der Waals surface area contributed by atoms with E-state index in [-0.39, 0.29) is 11.9 Å². The molecular weight excluding hydrogens is 448 g/mol. The van der Waals surface area contributed by atoms with Gasteiger partial charge >= 0.3 is 11.9 Å². The van der Waals surface area contributed by atoms with Crippen LogP contribution in [0.25, 0.3) is 12.2 Å². The number of carbonyl (C=O) groups is 2. The van der Waals surface area contributed by atoms with Crippen LogP contribution in [-0.2, 0) is 9.47 Å². The van der Waals surface area contributed by atoms with Gasteiger partial charge in [0.25, 0.3) is 0 Å². The molecule has 0 N–H and O–H groups in total. The molecular formula is C32H44O4. The SMILES string of the molecule is CCCCCCCCOC(=O)c1ccccc1/C=C/c1ccccc1C(=O)OCCCCCCCC. The first-order valence-corrected chi connectivity index (χ1v) is 13.9. The summed E-state index contributed by atoms with van der Waals surface area (Å²) >= 11 is 0. The molecule has 2 aromatic carbocycles. The fourth-order valence-corrected chi connectivity index (χ4v) is 4.09. The number of carbonyl (C=O) groups excluding carboxylic acids is 2. The topological polar surface area (TPSA) is 52.6 Å². The van der Waals surface area contributed by atoms with Gasteiger partial charge in [-0.15, -0.1) is 0 Å². The molecule has 0 aromatic heterocycles. The predicted octanol–water partition coefficient (Wildman–Crippen LogP) is 8.89. The van der Waals surface area contributed by atoms with Gasteiger partial charge in [0.1, 0.15) is 0 Å². The Balaban J connectivity index is 1.92. The van der Waals surface area contributed by atoms with Gasteiger partial charge < -0.3 is 9.47 Å². The second kappa shape index (κ2) is 18.4. The highest BCUT2D eigenvalue weighted by molar-refractivity contribution is 5.97. The summed E-state index contributed by atoms with van der Waals surface area (Å²) < 4.78 is 11.1. The third-order valence-electron chi connectivity index (χ3n) is 6.27. The van der Waals surface area contributed by atoms with Gasteiger partial charge in [0.2, 0.25) is 0 Å². The molecule has 0 saturated heterocycles. The number of ether oxygens (including phenoxy) is 2. The molecule has 2 rings (SSSR count). The van der Waals surface area contributed by atoms with E-state index in [1.54, 1.807) is 12.1 Å². The molecule has 0 bridgehead atoms. The summed E-state index contributed by atoms with van der Waals surface area (Å²) in [5.41, 5.74) is 2.59. The van der Waals surface area contributed by atoms with Crippen LogP contribution in [0.3, 0.4) is 0 Å². The van der Waals surface area contributed by atoms with Crippen LogP contribution in [0.4, 0.5) is 0 Å². The van der Waals surface area contributed by atoms with Crippen LogP contribution in [0.1, 0.15) is 123 Å². The smallest absolute Gasteiger partial charge is 0.338 e. The fraction of sp³-hybridized carbons (Fsp3) is 0.500. The lowest BCUT2D eigenvalue weighted by Gasteiger charge is -2.09. The van der Waals surface area contributed by atoms with Crippen LogP contribution in [0.15, 0.2) is 48.5 Å². The van der Waals surface area contributed by atoms with E-state index in [2.05, 4.69) is 13.8 Å². The average Bonchev–Trinajstić information content (AvgIpc) is 2.91. The summed E-state index contributed by atoms with van der Waals surface area (Å²) in [5.74, 6) is -0.620. The van der Waals surface area contributed by atoms with Gasteiger partial charge in [0, 0.05) is 0 Å². The normalized spacial score (nSPS) is 11.1. The van der Waals surface area contributed by atoms with Gasteiger partial charge in [-0.05, 0) is 36.1 Å². The number of hydrogen-bond donors (Lipinski definition) is 0. The second-order valence-electron chi connectivity index (χ2n) is 9.32. The van der Waals surface area contributed by atoms with Crippen molar-refractivity contribution < 1.29 is 19.1 Å². The molecule has 0 spiro atoms. The predicted molar refractivity (Wildman–Crippen MR) is 149 cm³/mol. The van der Waals surface area contributed by atoms with Crippen molar-refractivity contribution in [1.82, 2.24) is 0 Å². The van der Waals surface area contributed by atoms with E-state index in [4.69, 9.17) is 9.47 Å². The standard InChI is InChI=1S/C32H44O4/c1-3-5-7-9-11-17-25-35-31(33)29-21-15-13-19-27(29)23-24-28-20-14-16-22-30(28)32(34)36-26-18-12-10-8-6-4-2/h13-16,19-24H,3-12,17-18,25-26H2,1-2H3/b24-23+. The monoisotopic (exact) mass is 492 g/mol. The molecule has 4 heteroatoms. The largest absolute Gasteiger partial charge is 0.462 e. The first-order valence-electron chi connectivity index (χ1n) is 13.9. The van der Waals surface area contributed by atoms with Crippen LogP contribution < -0.4 is 0 Å². The van der Waals surface area contributed by atoms with Crippen molar-refractivity contribution in [1.29, 1.82) is 0 Å². The Morgan fingerprint density at radius 3 is 1.33 bits per heavy atom. The molecule has 0 amide bonds. The van der Waals surface area contributed by atoms with Crippen LogP contribution in [0, 0.1) is 0 Å². The minimum atomic E-state index is -0.310. The summed E-state index contributed by atoms with van der Waals surface area (Å²) in [6, 6.07) is 14.8. The molecule has 0 atom stereocenters. The number of esters is 2. The Kier molecular flexibility index (Phi) is 15.0. The lowest BCUT2D eigenvalue weighted by molar-refractivity contribution is 0.0488. The molecule has 196 valence electrons. The molecule has 0 aliphatic heterocycles. The third kappa shape index (κ3) is 11.2. The highest BCUT2D eigenvalue weighted by atomic mass is 16.5. The molecule has 0 saturated carbocycles. The van der Waals surface area contributed by atoms with Crippen molar-refractivity contribution >= 4 is 24.1 Å². The third-order valence-corrected chi connectivity index (χ3v) is 6.27. The Hall–Kier alpha value is -2.88. The molecule has 0 aliphatic rings. The maximum Gasteiger partial charge on any atom is 0.338 e. The molecule has 0 unspecified atom stereocenters. The maximum atomic E-state index is 12.7. The van der Waals surface area contributed by atoms with E-state index in [0.717, 1.165) is 36.8 Å². The van der Waals surface area contributed by atoms with Gasteiger partial charge in [-0.2, -0.15) is 0 Å². The molecule has 4 nitrogen and oxygen atoms in total. The van der Waals surface area contributed by atoms with Crippen molar-refractivity contribution in [2.24, 2.45) is 0 Å². The van der Waals surface area contributed by atoms with Gasteiger partial charge in [-0.1, -0.05) is 127 Å². The van der Waals surface area contributed by atoms with Crippen LogP contribution in [0.5, 0.6) is 0 Å². The minimum absolute atomic E-state index is 0.310. The molecule has 2 aromatic rings. The van der Waals surface area contributed by atoms with E-state index in [1.165, 1.54) is 51.4 Å². The summed E-state index contributed by atoms with van der Waals surface area (Å²) in [7, 11) is 0. The van der Waals surface area contributed by atoms with E-state index in [1.807, 2.05) is 48.6 Å².